The Balaban J connectivity index is 1.61. The lowest BCUT2D eigenvalue weighted by molar-refractivity contribution is -0.274. The zero-order chi connectivity index (χ0) is 31.4. The number of allylic oxidation sites excluding steroid dienone is 1. The first kappa shape index (κ1) is 31.6. The molecular weight excluding hydrogens is 753 g/mol. The number of alkyl halides is 3. The third-order valence-electron chi connectivity index (χ3n) is 5.96. The van der Waals surface area contributed by atoms with E-state index in [0.717, 1.165) is 10.9 Å². The second-order valence-electron chi connectivity index (χ2n) is 8.89. The zero-order valence-electron chi connectivity index (χ0n) is 22.0. The lowest BCUT2D eigenvalue weighted by Crippen LogP contribution is -2.21. The van der Waals surface area contributed by atoms with Gasteiger partial charge in [-0.2, -0.15) is 0 Å². The van der Waals surface area contributed by atoms with Gasteiger partial charge in [-0.3, -0.25) is 19.3 Å². The molecule has 1 aromatic carbocycles. The van der Waals surface area contributed by atoms with E-state index in [0.29, 0.717) is 26.4 Å². The van der Waals surface area contributed by atoms with Crippen molar-refractivity contribution in [3.05, 3.63) is 111 Å². The Morgan fingerprint density at radius 2 is 1.75 bits per heavy atom. The smallest absolute Gasteiger partial charge is 0.494 e. The fourth-order valence-corrected chi connectivity index (χ4v) is 5.64. The number of carbonyl (C=O) groups is 1. The van der Waals surface area contributed by atoms with Crippen molar-refractivity contribution in [3.63, 3.8) is 0 Å². The van der Waals surface area contributed by atoms with Crippen LogP contribution in [-0.2, 0) is 11.3 Å². The van der Waals surface area contributed by atoms with Gasteiger partial charge in [0.1, 0.15) is 16.4 Å². The summed E-state index contributed by atoms with van der Waals surface area (Å²) in [6.07, 6.45) is 1.03. The molecule has 44 heavy (non-hydrogen) atoms. The predicted octanol–water partition coefficient (Wildman–Crippen LogP) is 8.22. The van der Waals surface area contributed by atoms with Crippen LogP contribution in [0.2, 0.25) is 9.62 Å². The maximum absolute atomic E-state index is 13.3. The van der Waals surface area contributed by atoms with Gasteiger partial charge in [0.05, 0.1) is 17.8 Å². The molecule has 0 atom stereocenters. The largest absolute Gasteiger partial charge is 0.573 e. The number of carbonyl (C=O) groups excluding carboxylic acids is 1. The summed E-state index contributed by atoms with van der Waals surface area (Å²) in [6, 6.07) is 15.2. The lowest BCUT2D eigenvalue weighted by Gasteiger charge is -2.15. The predicted molar refractivity (Wildman–Crippen MR) is 170 cm³/mol. The molecule has 0 spiro atoms. The maximum atomic E-state index is 13.3. The normalized spacial score (nSPS) is 12.6. The van der Waals surface area contributed by atoms with Crippen molar-refractivity contribution in [2.45, 2.75) is 12.9 Å². The highest BCUT2D eigenvalue weighted by atomic mass is 127. The molecule has 0 aliphatic heterocycles. The summed E-state index contributed by atoms with van der Waals surface area (Å²) >= 11 is 14.5. The second kappa shape index (κ2) is 13.5. The van der Waals surface area contributed by atoms with E-state index in [1.165, 1.54) is 63.0 Å². The van der Waals surface area contributed by atoms with E-state index in [1.54, 1.807) is 54.9 Å². The highest BCUT2D eigenvalue weighted by molar-refractivity contribution is 14.1. The van der Waals surface area contributed by atoms with Crippen LogP contribution in [0, 0.1) is 0 Å². The number of rotatable bonds is 8. The van der Waals surface area contributed by atoms with Crippen LogP contribution in [0.1, 0.15) is 10.4 Å². The Hall–Kier alpha value is -3.79. The van der Waals surface area contributed by atoms with E-state index in [2.05, 4.69) is 24.7 Å². The summed E-state index contributed by atoms with van der Waals surface area (Å²) < 4.78 is 45.2. The first-order valence-corrected chi connectivity index (χ1v) is 15.0. The molecular formula is C29H17Cl2F3IN5O3S. The molecule has 5 aromatic rings. The molecule has 4 aromatic heterocycles. The zero-order valence-corrected chi connectivity index (χ0v) is 26.5. The minimum absolute atomic E-state index is 0.0267. The Morgan fingerprint density at radius 3 is 2.39 bits per heavy atom. The summed E-state index contributed by atoms with van der Waals surface area (Å²) in [5.74, 6) is -1.14. The summed E-state index contributed by atoms with van der Waals surface area (Å²) in [5.41, 5.74) is 1.88. The van der Waals surface area contributed by atoms with E-state index in [9.17, 15) is 23.1 Å². The van der Waals surface area contributed by atoms with Crippen molar-refractivity contribution in [1.82, 2.24) is 19.5 Å². The molecule has 1 N–H and O–H groups in total. The molecule has 0 saturated carbocycles. The SMILES string of the molecule is O=C(I)C(=C(O)n1ccccc1=NCc1cnc(Cl)s1)c1cc(OC(F)(F)F)cc(-c2ccc(-c3ccc(Cl)nc3)nc2)c1. The van der Waals surface area contributed by atoms with Crippen LogP contribution < -0.4 is 10.2 Å². The van der Waals surface area contributed by atoms with E-state index >= 15 is 0 Å². The van der Waals surface area contributed by atoms with Gasteiger partial charge in [0.15, 0.2) is 4.47 Å². The molecule has 0 aliphatic carbocycles. The molecule has 0 bridgehead atoms. The standard InChI is InChI=1S/C29H17Cl2F3IN5O3S/c30-23-7-5-17(13-37-23)22-6-4-16(12-36-22)18-9-19(11-20(10-18)43-29(32,33)34)25(26(35)41)27(42)40-8-2-1-3-24(40)38-14-21-15-39-28(31)44-21/h1-13,15,42H,14H2. The van der Waals surface area contributed by atoms with Crippen LogP contribution in [0.5, 0.6) is 5.75 Å². The number of halogens is 6. The number of benzene rings is 1. The number of thiazole rings is 1. The van der Waals surface area contributed by atoms with E-state index in [-0.39, 0.29) is 28.7 Å². The highest BCUT2D eigenvalue weighted by Crippen LogP contribution is 2.35. The summed E-state index contributed by atoms with van der Waals surface area (Å²) in [4.78, 5) is 30.6. The third-order valence-corrected chi connectivity index (χ3v) is 7.82. The number of hydrogen-bond acceptors (Lipinski definition) is 8. The number of ether oxygens (including phenoxy) is 1. The average Bonchev–Trinajstić information content (AvgIpc) is 3.40. The number of aliphatic hydroxyl groups excluding tert-OH is 1. The first-order valence-electron chi connectivity index (χ1n) is 12.4. The summed E-state index contributed by atoms with van der Waals surface area (Å²) in [5, 5.41) is 11.7. The van der Waals surface area contributed by atoms with Crippen LogP contribution in [0.3, 0.4) is 0 Å². The minimum atomic E-state index is -5.01. The van der Waals surface area contributed by atoms with E-state index in [1.807, 2.05) is 0 Å². The molecule has 15 heteroatoms. The third kappa shape index (κ3) is 7.83. The van der Waals surface area contributed by atoms with Gasteiger partial charge in [-0.15, -0.1) is 24.5 Å². The van der Waals surface area contributed by atoms with Crippen molar-refractivity contribution >= 4 is 72.4 Å². The molecule has 0 fully saturated rings. The Kier molecular flexibility index (Phi) is 9.68. The van der Waals surface area contributed by atoms with Crippen molar-refractivity contribution in [3.8, 4) is 28.1 Å². The van der Waals surface area contributed by atoms with Gasteiger partial charge in [0.2, 0.25) is 9.67 Å². The number of hydrogen-bond donors (Lipinski definition) is 1. The van der Waals surface area contributed by atoms with Gasteiger partial charge in [0, 0.05) is 63.4 Å². The Bertz CT molecular complexity index is 1930. The average molecular weight is 770 g/mol. The molecule has 4 heterocycles. The van der Waals surface area contributed by atoms with Crippen LogP contribution in [-0.4, -0.2) is 34.8 Å². The molecule has 8 nitrogen and oxygen atoms in total. The Labute approximate surface area is 275 Å². The lowest BCUT2D eigenvalue weighted by atomic mass is 9.99. The molecule has 0 saturated heterocycles. The van der Waals surface area contributed by atoms with E-state index in [4.69, 9.17) is 23.2 Å². The van der Waals surface area contributed by atoms with Crippen LogP contribution in [0.15, 0.2) is 90.4 Å². The van der Waals surface area contributed by atoms with Gasteiger partial charge >= 0.3 is 6.36 Å². The van der Waals surface area contributed by atoms with Crippen LogP contribution in [0.25, 0.3) is 33.8 Å². The van der Waals surface area contributed by atoms with Crippen LogP contribution >= 0.6 is 57.1 Å². The minimum Gasteiger partial charge on any atom is -0.494 e. The highest BCUT2D eigenvalue weighted by Gasteiger charge is 2.32. The quantitative estimate of drug-likeness (QED) is 0.0561. The van der Waals surface area contributed by atoms with Crippen molar-refractivity contribution < 1.29 is 27.8 Å². The molecule has 0 amide bonds. The van der Waals surface area contributed by atoms with Gasteiger partial charge in [-0.05, 0) is 59.7 Å². The topological polar surface area (TPSA) is 102 Å². The van der Waals surface area contributed by atoms with Crippen molar-refractivity contribution in [2.75, 3.05) is 0 Å². The van der Waals surface area contributed by atoms with Gasteiger partial charge in [-0.25, -0.2) is 9.97 Å². The molecule has 5 rings (SSSR count). The molecule has 0 radical (unpaired) electrons. The molecule has 224 valence electrons. The first-order chi connectivity index (χ1) is 21.0. The fraction of sp³-hybridized carbons (Fsp3) is 0.0690. The van der Waals surface area contributed by atoms with Crippen LogP contribution in [0.4, 0.5) is 13.2 Å². The second-order valence-corrected chi connectivity index (χ2v) is 12.0. The summed E-state index contributed by atoms with van der Waals surface area (Å²) in [7, 11) is 0. The van der Waals surface area contributed by atoms with E-state index < -0.39 is 21.8 Å². The fourth-order valence-electron chi connectivity index (χ4n) is 4.07. The van der Waals surface area contributed by atoms with Gasteiger partial charge in [-0.1, -0.05) is 35.3 Å². The van der Waals surface area contributed by atoms with Gasteiger partial charge in [0.25, 0.3) is 0 Å². The molecule has 0 unspecified atom stereocenters. The number of nitrogens with zero attached hydrogens (tertiary/aromatic N) is 5. The number of pyridine rings is 3. The van der Waals surface area contributed by atoms with Crippen molar-refractivity contribution in [1.29, 1.82) is 0 Å². The molecule has 0 aliphatic rings. The van der Waals surface area contributed by atoms with Gasteiger partial charge < -0.3 is 9.84 Å². The monoisotopic (exact) mass is 769 g/mol. The summed E-state index contributed by atoms with van der Waals surface area (Å²) in [6.45, 7) is 0.184. The maximum Gasteiger partial charge on any atom is 0.573 e. The number of aliphatic hydroxyl groups is 1. The Morgan fingerprint density at radius 1 is 0.977 bits per heavy atom. The van der Waals surface area contributed by atoms with Crippen molar-refractivity contribution in [2.24, 2.45) is 4.99 Å². The number of aromatic nitrogens is 4.